The standard InChI is InChI=1S/C13H17NO/c14-13(12-5-6-15-9-12)7-10-3-1-2-4-11(10)8-13/h1-4,12H,5-9,14H2. The maximum atomic E-state index is 6.53. The van der Waals surface area contributed by atoms with Gasteiger partial charge in [0.2, 0.25) is 0 Å². The van der Waals surface area contributed by atoms with Crippen LogP contribution in [0.1, 0.15) is 17.5 Å². The Hall–Kier alpha value is -0.860. The summed E-state index contributed by atoms with van der Waals surface area (Å²) in [7, 11) is 0. The van der Waals surface area contributed by atoms with E-state index in [1.807, 2.05) is 0 Å². The van der Waals surface area contributed by atoms with E-state index in [0.717, 1.165) is 32.5 Å². The second-order valence-electron chi connectivity index (χ2n) is 4.92. The van der Waals surface area contributed by atoms with Gasteiger partial charge in [0.15, 0.2) is 0 Å². The second-order valence-corrected chi connectivity index (χ2v) is 4.92. The molecule has 1 aromatic rings. The molecule has 15 heavy (non-hydrogen) atoms. The molecule has 1 saturated heterocycles. The molecule has 1 aliphatic heterocycles. The van der Waals surface area contributed by atoms with E-state index >= 15 is 0 Å². The van der Waals surface area contributed by atoms with Gasteiger partial charge in [-0.25, -0.2) is 0 Å². The molecule has 0 aromatic heterocycles. The number of hydrogen-bond donors (Lipinski definition) is 1. The fourth-order valence-corrected chi connectivity index (χ4v) is 2.95. The van der Waals surface area contributed by atoms with Crippen molar-refractivity contribution in [2.24, 2.45) is 11.7 Å². The Balaban J connectivity index is 1.87. The molecule has 0 radical (unpaired) electrons. The van der Waals surface area contributed by atoms with Gasteiger partial charge in [-0.2, -0.15) is 0 Å². The Morgan fingerprint density at radius 3 is 2.40 bits per heavy atom. The molecule has 2 N–H and O–H groups in total. The number of rotatable bonds is 1. The summed E-state index contributed by atoms with van der Waals surface area (Å²) in [6, 6.07) is 8.63. The Morgan fingerprint density at radius 1 is 1.20 bits per heavy atom. The molecule has 1 atom stereocenters. The van der Waals surface area contributed by atoms with Crippen molar-refractivity contribution in [1.82, 2.24) is 0 Å². The first-order chi connectivity index (χ1) is 7.28. The van der Waals surface area contributed by atoms with Crippen molar-refractivity contribution in [2.45, 2.75) is 24.8 Å². The van der Waals surface area contributed by atoms with Gasteiger partial charge >= 0.3 is 0 Å². The molecule has 0 saturated carbocycles. The van der Waals surface area contributed by atoms with Crippen LogP contribution >= 0.6 is 0 Å². The summed E-state index contributed by atoms with van der Waals surface area (Å²) in [5.41, 5.74) is 9.37. The fourth-order valence-electron chi connectivity index (χ4n) is 2.95. The van der Waals surface area contributed by atoms with E-state index in [1.165, 1.54) is 11.1 Å². The van der Waals surface area contributed by atoms with Crippen molar-refractivity contribution in [3.8, 4) is 0 Å². The Morgan fingerprint density at radius 2 is 1.87 bits per heavy atom. The highest BCUT2D eigenvalue weighted by molar-refractivity contribution is 5.36. The zero-order chi connectivity index (χ0) is 10.3. The van der Waals surface area contributed by atoms with Crippen molar-refractivity contribution in [3.63, 3.8) is 0 Å². The van der Waals surface area contributed by atoms with Crippen LogP contribution in [-0.2, 0) is 17.6 Å². The molecule has 1 fully saturated rings. The van der Waals surface area contributed by atoms with Gasteiger partial charge < -0.3 is 10.5 Å². The van der Waals surface area contributed by atoms with Gasteiger partial charge in [0, 0.05) is 18.1 Å². The SMILES string of the molecule is NC1(C2CCOC2)Cc2ccccc2C1. The lowest BCUT2D eigenvalue weighted by atomic mass is 9.82. The van der Waals surface area contributed by atoms with Crippen molar-refractivity contribution in [1.29, 1.82) is 0 Å². The minimum Gasteiger partial charge on any atom is -0.381 e. The maximum absolute atomic E-state index is 6.53. The van der Waals surface area contributed by atoms with Crippen LogP contribution in [0.3, 0.4) is 0 Å². The number of fused-ring (bicyclic) bond motifs is 1. The van der Waals surface area contributed by atoms with Crippen LogP contribution in [0.4, 0.5) is 0 Å². The Bertz CT molecular complexity index is 344. The molecule has 2 nitrogen and oxygen atoms in total. The summed E-state index contributed by atoms with van der Waals surface area (Å²) in [5.74, 6) is 0.546. The molecule has 1 aliphatic carbocycles. The van der Waals surface area contributed by atoms with Crippen LogP contribution in [0, 0.1) is 5.92 Å². The lowest BCUT2D eigenvalue weighted by Crippen LogP contribution is -2.48. The molecular weight excluding hydrogens is 186 g/mol. The third-order valence-corrected chi connectivity index (χ3v) is 3.90. The predicted octanol–water partition coefficient (Wildman–Crippen LogP) is 1.52. The van der Waals surface area contributed by atoms with Gasteiger partial charge in [-0.05, 0) is 30.4 Å². The van der Waals surface area contributed by atoms with Gasteiger partial charge in [-0.15, -0.1) is 0 Å². The molecule has 2 heteroatoms. The van der Waals surface area contributed by atoms with Crippen molar-refractivity contribution in [3.05, 3.63) is 35.4 Å². The molecule has 3 rings (SSSR count). The summed E-state index contributed by atoms with van der Waals surface area (Å²) in [6.45, 7) is 1.74. The monoisotopic (exact) mass is 203 g/mol. The average Bonchev–Trinajstić information content (AvgIpc) is 2.83. The Kier molecular flexibility index (Phi) is 2.08. The van der Waals surface area contributed by atoms with Crippen molar-refractivity contribution < 1.29 is 4.74 Å². The van der Waals surface area contributed by atoms with Crippen LogP contribution in [0.15, 0.2) is 24.3 Å². The summed E-state index contributed by atoms with van der Waals surface area (Å²) in [5, 5.41) is 0. The smallest absolute Gasteiger partial charge is 0.0512 e. The number of ether oxygens (including phenoxy) is 1. The highest BCUT2D eigenvalue weighted by Crippen LogP contribution is 2.36. The van der Waals surface area contributed by atoms with Gasteiger partial charge in [0.05, 0.1) is 6.61 Å². The number of nitrogens with two attached hydrogens (primary N) is 1. The molecular formula is C13H17NO. The normalized spacial score (nSPS) is 27.9. The van der Waals surface area contributed by atoms with Crippen molar-refractivity contribution in [2.75, 3.05) is 13.2 Å². The first-order valence-corrected chi connectivity index (χ1v) is 5.71. The minimum atomic E-state index is -0.0415. The first-order valence-electron chi connectivity index (χ1n) is 5.71. The Labute approximate surface area is 90.4 Å². The molecule has 80 valence electrons. The van der Waals surface area contributed by atoms with E-state index in [0.29, 0.717) is 5.92 Å². The van der Waals surface area contributed by atoms with Gasteiger partial charge in [0.25, 0.3) is 0 Å². The zero-order valence-electron chi connectivity index (χ0n) is 8.91. The van der Waals surface area contributed by atoms with Crippen LogP contribution < -0.4 is 5.73 Å². The van der Waals surface area contributed by atoms with Crippen LogP contribution in [0.25, 0.3) is 0 Å². The second kappa shape index (κ2) is 3.32. The van der Waals surface area contributed by atoms with E-state index < -0.39 is 0 Å². The zero-order valence-corrected chi connectivity index (χ0v) is 8.91. The lowest BCUT2D eigenvalue weighted by Gasteiger charge is -2.29. The molecule has 1 aromatic carbocycles. The predicted molar refractivity (Wildman–Crippen MR) is 59.7 cm³/mol. The highest BCUT2D eigenvalue weighted by atomic mass is 16.5. The van der Waals surface area contributed by atoms with E-state index in [-0.39, 0.29) is 5.54 Å². The third kappa shape index (κ3) is 1.48. The highest BCUT2D eigenvalue weighted by Gasteiger charge is 2.41. The fraction of sp³-hybridized carbons (Fsp3) is 0.538. The van der Waals surface area contributed by atoms with Gasteiger partial charge in [-0.3, -0.25) is 0 Å². The summed E-state index contributed by atoms with van der Waals surface area (Å²) in [6.07, 6.45) is 3.18. The van der Waals surface area contributed by atoms with Crippen LogP contribution in [0.2, 0.25) is 0 Å². The summed E-state index contributed by atoms with van der Waals surface area (Å²) < 4.78 is 5.45. The van der Waals surface area contributed by atoms with E-state index in [9.17, 15) is 0 Å². The maximum Gasteiger partial charge on any atom is 0.0512 e. The van der Waals surface area contributed by atoms with E-state index in [4.69, 9.17) is 10.5 Å². The average molecular weight is 203 g/mol. The number of hydrogen-bond acceptors (Lipinski definition) is 2. The molecule has 1 unspecified atom stereocenters. The summed E-state index contributed by atoms with van der Waals surface area (Å²) >= 11 is 0. The molecule has 0 bridgehead atoms. The topological polar surface area (TPSA) is 35.2 Å². The van der Waals surface area contributed by atoms with Gasteiger partial charge in [-0.1, -0.05) is 24.3 Å². The molecule has 0 spiro atoms. The third-order valence-electron chi connectivity index (χ3n) is 3.90. The van der Waals surface area contributed by atoms with E-state index in [2.05, 4.69) is 24.3 Å². The van der Waals surface area contributed by atoms with E-state index in [1.54, 1.807) is 0 Å². The first kappa shape index (κ1) is 9.37. The molecule has 0 amide bonds. The van der Waals surface area contributed by atoms with Crippen molar-refractivity contribution >= 4 is 0 Å². The van der Waals surface area contributed by atoms with Crippen LogP contribution in [0.5, 0.6) is 0 Å². The lowest BCUT2D eigenvalue weighted by molar-refractivity contribution is 0.164. The van der Waals surface area contributed by atoms with Crippen LogP contribution in [-0.4, -0.2) is 18.8 Å². The minimum absolute atomic E-state index is 0.0415. The largest absolute Gasteiger partial charge is 0.381 e. The summed E-state index contributed by atoms with van der Waals surface area (Å²) in [4.78, 5) is 0. The van der Waals surface area contributed by atoms with Gasteiger partial charge in [0.1, 0.15) is 0 Å². The molecule has 1 heterocycles. The number of benzene rings is 1. The molecule has 2 aliphatic rings. The quantitative estimate of drug-likeness (QED) is 0.751.